The molecule has 1 heterocycles. The van der Waals surface area contributed by atoms with Crippen LogP contribution in [0.4, 0.5) is 0 Å². The van der Waals surface area contributed by atoms with Crippen LogP contribution in [0.15, 0.2) is 116 Å². The molecule has 0 N–H and O–H groups in total. The summed E-state index contributed by atoms with van der Waals surface area (Å²) < 4.78 is 0. The lowest BCUT2D eigenvalue weighted by atomic mass is 9.95. The minimum absolute atomic E-state index is 0.748. The van der Waals surface area contributed by atoms with Crippen LogP contribution >= 0.6 is 0 Å². The van der Waals surface area contributed by atoms with Crippen LogP contribution in [0.3, 0.4) is 0 Å². The second kappa shape index (κ2) is 8.37. The van der Waals surface area contributed by atoms with Gasteiger partial charge in [0.25, 0.3) is 0 Å². The maximum Gasteiger partial charge on any atom is 0.159 e. The van der Waals surface area contributed by atoms with Gasteiger partial charge < -0.3 is 0 Å². The average molecular weight is 399 g/mol. The first kappa shape index (κ1) is 19.0. The molecule has 0 radical (unpaired) electrons. The van der Waals surface area contributed by atoms with Gasteiger partial charge in [-0.05, 0) is 58.0 Å². The summed E-state index contributed by atoms with van der Waals surface area (Å²) in [5, 5.41) is 0. The first-order chi connectivity index (χ1) is 15.3. The summed E-state index contributed by atoms with van der Waals surface area (Å²) >= 11 is 0. The van der Waals surface area contributed by atoms with Gasteiger partial charge in [-0.25, -0.2) is 9.97 Å². The zero-order valence-electron chi connectivity index (χ0n) is 17.4. The van der Waals surface area contributed by atoms with E-state index in [1.165, 1.54) is 38.9 Å². The fourth-order valence-electron chi connectivity index (χ4n) is 3.86. The second-order valence-corrected chi connectivity index (χ2v) is 7.68. The summed E-state index contributed by atoms with van der Waals surface area (Å²) in [5.41, 5.74) is 9.61. The van der Waals surface area contributed by atoms with E-state index >= 15 is 0 Å². The second-order valence-electron chi connectivity index (χ2n) is 7.68. The predicted molar refractivity (Wildman–Crippen MR) is 129 cm³/mol. The van der Waals surface area contributed by atoms with Gasteiger partial charge in [-0.1, -0.05) is 91.0 Å². The van der Waals surface area contributed by atoms with Gasteiger partial charge in [0.05, 0.1) is 0 Å². The Balaban J connectivity index is 1.42. The number of benzene rings is 4. The molecule has 31 heavy (non-hydrogen) atoms. The number of nitrogens with zero attached hydrogens (tertiary/aromatic N) is 2. The number of aromatic nitrogens is 2. The molecule has 5 rings (SSSR count). The van der Waals surface area contributed by atoms with E-state index in [0.717, 1.165) is 11.4 Å². The van der Waals surface area contributed by atoms with Crippen molar-refractivity contribution in [2.45, 2.75) is 6.92 Å². The summed E-state index contributed by atoms with van der Waals surface area (Å²) in [6, 6.07) is 36.3. The normalized spacial score (nSPS) is 10.7. The van der Waals surface area contributed by atoms with Gasteiger partial charge in [0, 0.05) is 18.0 Å². The standard InChI is InChI=1S/C29H22N2/c1-21-18-27(22-6-3-2-4-7-22)20-28(19-21)25-10-8-23(9-11-25)24-12-14-26(15-13-24)29-30-16-5-17-31-29/h2-20H,1H3. The Bertz CT molecular complexity index is 1290. The highest BCUT2D eigenvalue weighted by atomic mass is 14.8. The molecule has 0 spiro atoms. The minimum atomic E-state index is 0.748. The highest BCUT2D eigenvalue weighted by Gasteiger charge is 2.06. The fourth-order valence-corrected chi connectivity index (χ4v) is 3.86. The monoisotopic (exact) mass is 398 g/mol. The average Bonchev–Trinajstić information content (AvgIpc) is 2.85. The minimum Gasteiger partial charge on any atom is -0.237 e. The van der Waals surface area contributed by atoms with Crippen molar-refractivity contribution in [3.63, 3.8) is 0 Å². The molecule has 4 aromatic carbocycles. The van der Waals surface area contributed by atoms with Gasteiger partial charge in [-0.2, -0.15) is 0 Å². The molecule has 1 aromatic heterocycles. The van der Waals surface area contributed by atoms with Gasteiger partial charge in [-0.3, -0.25) is 0 Å². The van der Waals surface area contributed by atoms with Crippen LogP contribution < -0.4 is 0 Å². The molecule has 2 nitrogen and oxygen atoms in total. The lowest BCUT2D eigenvalue weighted by molar-refractivity contribution is 1.18. The van der Waals surface area contributed by atoms with Crippen LogP contribution in [0.1, 0.15) is 5.56 Å². The van der Waals surface area contributed by atoms with Crippen molar-refractivity contribution in [3.8, 4) is 44.8 Å². The maximum atomic E-state index is 4.32. The van der Waals surface area contributed by atoms with E-state index in [0.29, 0.717) is 0 Å². The van der Waals surface area contributed by atoms with Crippen LogP contribution in [0, 0.1) is 6.92 Å². The largest absolute Gasteiger partial charge is 0.237 e. The highest BCUT2D eigenvalue weighted by molar-refractivity contribution is 5.76. The van der Waals surface area contributed by atoms with Crippen molar-refractivity contribution >= 4 is 0 Å². The topological polar surface area (TPSA) is 25.8 Å². The number of rotatable bonds is 4. The quantitative estimate of drug-likeness (QED) is 0.314. The Labute approximate surface area is 182 Å². The van der Waals surface area contributed by atoms with Crippen molar-refractivity contribution in [1.29, 1.82) is 0 Å². The van der Waals surface area contributed by atoms with Crippen LogP contribution in [-0.2, 0) is 0 Å². The number of hydrogen-bond acceptors (Lipinski definition) is 2. The van der Waals surface area contributed by atoms with Gasteiger partial charge in [0.2, 0.25) is 0 Å². The van der Waals surface area contributed by atoms with E-state index < -0.39 is 0 Å². The van der Waals surface area contributed by atoms with E-state index in [2.05, 4.69) is 114 Å². The van der Waals surface area contributed by atoms with Crippen molar-refractivity contribution in [1.82, 2.24) is 9.97 Å². The smallest absolute Gasteiger partial charge is 0.159 e. The molecule has 0 aliphatic heterocycles. The maximum absolute atomic E-state index is 4.32. The summed E-state index contributed by atoms with van der Waals surface area (Å²) in [4.78, 5) is 8.64. The Morgan fingerprint density at radius 2 is 0.871 bits per heavy atom. The molecule has 0 amide bonds. The summed E-state index contributed by atoms with van der Waals surface area (Å²) in [5.74, 6) is 0.748. The first-order valence-electron chi connectivity index (χ1n) is 10.4. The van der Waals surface area contributed by atoms with Gasteiger partial charge in [0.15, 0.2) is 5.82 Å². The molecular weight excluding hydrogens is 376 g/mol. The Kier molecular flexibility index (Phi) is 5.12. The van der Waals surface area contributed by atoms with E-state index in [4.69, 9.17) is 0 Å². The third-order valence-corrected chi connectivity index (χ3v) is 5.44. The van der Waals surface area contributed by atoms with Gasteiger partial charge >= 0.3 is 0 Å². The molecule has 5 aromatic rings. The molecule has 0 bridgehead atoms. The van der Waals surface area contributed by atoms with Crippen molar-refractivity contribution < 1.29 is 0 Å². The summed E-state index contributed by atoms with van der Waals surface area (Å²) in [6.07, 6.45) is 3.53. The number of aryl methyl sites for hydroxylation is 1. The summed E-state index contributed by atoms with van der Waals surface area (Å²) in [7, 11) is 0. The zero-order chi connectivity index (χ0) is 21.0. The van der Waals surface area contributed by atoms with Crippen LogP contribution in [0.5, 0.6) is 0 Å². The van der Waals surface area contributed by atoms with Gasteiger partial charge in [-0.15, -0.1) is 0 Å². The molecule has 0 aliphatic carbocycles. The van der Waals surface area contributed by atoms with Crippen LogP contribution in [-0.4, -0.2) is 9.97 Å². The molecule has 0 fully saturated rings. The van der Waals surface area contributed by atoms with Crippen LogP contribution in [0.2, 0.25) is 0 Å². The molecule has 2 heteroatoms. The van der Waals surface area contributed by atoms with Crippen molar-refractivity contribution in [2.75, 3.05) is 0 Å². The predicted octanol–water partition coefficient (Wildman–Crippen LogP) is 7.45. The van der Waals surface area contributed by atoms with E-state index in [9.17, 15) is 0 Å². The third kappa shape index (κ3) is 4.15. The highest BCUT2D eigenvalue weighted by Crippen LogP contribution is 2.30. The van der Waals surface area contributed by atoms with E-state index in [1.54, 1.807) is 12.4 Å². The molecule has 0 atom stereocenters. The van der Waals surface area contributed by atoms with Crippen LogP contribution in [0.25, 0.3) is 44.8 Å². The first-order valence-corrected chi connectivity index (χ1v) is 10.4. The molecule has 0 aliphatic rings. The lowest BCUT2D eigenvalue weighted by Gasteiger charge is -2.10. The Morgan fingerprint density at radius 3 is 1.42 bits per heavy atom. The Hall–Kier alpha value is -4.04. The molecule has 0 saturated carbocycles. The molecule has 148 valence electrons. The van der Waals surface area contributed by atoms with Crippen molar-refractivity contribution in [3.05, 3.63) is 121 Å². The lowest BCUT2D eigenvalue weighted by Crippen LogP contribution is -1.87. The van der Waals surface area contributed by atoms with Gasteiger partial charge in [0.1, 0.15) is 0 Å². The summed E-state index contributed by atoms with van der Waals surface area (Å²) in [6.45, 7) is 2.16. The number of hydrogen-bond donors (Lipinski definition) is 0. The van der Waals surface area contributed by atoms with Crippen molar-refractivity contribution in [2.24, 2.45) is 0 Å². The third-order valence-electron chi connectivity index (χ3n) is 5.44. The zero-order valence-corrected chi connectivity index (χ0v) is 17.4. The Morgan fingerprint density at radius 1 is 0.419 bits per heavy atom. The fraction of sp³-hybridized carbons (Fsp3) is 0.0345. The SMILES string of the molecule is Cc1cc(-c2ccccc2)cc(-c2ccc(-c3ccc(-c4ncccn4)cc3)cc2)c1. The molecule has 0 unspecified atom stereocenters. The van der Waals surface area contributed by atoms with E-state index in [1.807, 2.05) is 6.07 Å². The van der Waals surface area contributed by atoms with E-state index in [-0.39, 0.29) is 0 Å². The molecule has 0 saturated heterocycles. The molecular formula is C29H22N2.